The highest BCUT2D eigenvalue weighted by molar-refractivity contribution is 8.01. The minimum Gasteiger partial charge on any atom is -0.392 e. The first-order valence-corrected chi connectivity index (χ1v) is 6.54. The van der Waals surface area contributed by atoms with Crippen molar-refractivity contribution in [2.75, 3.05) is 19.3 Å². The average molecular weight is 245 g/mol. The van der Waals surface area contributed by atoms with E-state index in [0.717, 1.165) is 4.21 Å². The zero-order chi connectivity index (χ0) is 11.3. The third-order valence-corrected chi connectivity index (χ3v) is 3.91. The first-order chi connectivity index (χ1) is 7.09. The molecular weight excluding hydrogens is 230 g/mol. The van der Waals surface area contributed by atoms with Crippen LogP contribution < -0.4 is 0 Å². The maximum Gasteiger partial charge on any atom is 0.232 e. The zero-order valence-electron chi connectivity index (χ0n) is 8.84. The van der Waals surface area contributed by atoms with Gasteiger partial charge in [-0.2, -0.15) is 0 Å². The van der Waals surface area contributed by atoms with Gasteiger partial charge in [0.2, 0.25) is 5.91 Å². The Morgan fingerprint density at radius 1 is 1.73 bits per heavy atom. The molecule has 1 heterocycles. The van der Waals surface area contributed by atoms with Crippen molar-refractivity contribution in [1.82, 2.24) is 4.90 Å². The third-order valence-electron chi connectivity index (χ3n) is 1.80. The number of likely N-dealkylation sites (N-methyl/N-ethyl adjacent to an activating group) is 1. The first kappa shape index (κ1) is 12.5. The van der Waals surface area contributed by atoms with Gasteiger partial charge in [-0.25, -0.2) is 0 Å². The van der Waals surface area contributed by atoms with E-state index < -0.39 is 6.10 Å². The van der Waals surface area contributed by atoms with Gasteiger partial charge >= 0.3 is 0 Å². The van der Waals surface area contributed by atoms with Gasteiger partial charge in [-0.1, -0.05) is 6.07 Å². The number of thiophene rings is 1. The smallest absolute Gasteiger partial charge is 0.232 e. The van der Waals surface area contributed by atoms with Crippen molar-refractivity contribution < 1.29 is 9.90 Å². The molecule has 1 atom stereocenters. The number of aliphatic hydroxyl groups excluding tert-OH is 1. The van der Waals surface area contributed by atoms with E-state index in [0.29, 0.717) is 12.3 Å². The van der Waals surface area contributed by atoms with E-state index in [2.05, 4.69) is 0 Å². The van der Waals surface area contributed by atoms with Crippen LogP contribution in [0.25, 0.3) is 0 Å². The predicted octanol–water partition coefficient (Wildman–Crippen LogP) is 1.68. The highest BCUT2D eigenvalue weighted by Crippen LogP contribution is 2.23. The molecule has 0 radical (unpaired) electrons. The van der Waals surface area contributed by atoms with Crippen molar-refractivity contribution in [3.63, 3.8) is 0 Å². The van der Waals surface area contributed by atoms with E-state index in [1.54, 1.807) is 30.2 Å². The second-order valence-electron chi connectivity index (χ2n) is 3.34. The van der Waals surface area contributed by atoms with Crippen LogP contribution in [0, 0.1) is 0 Å². The fourth-order valence-corrected chi connectivity index (χ4v) is 2.81. The van der Waals surface area contributed by atoms with E-state index >= 15 is 0 Å². The second kappa shape index (κ2) is 6.15. The minimum atomic E-state index is -0.467. The summed E-state index contributed by atoms with van der Waals surface area (Å²) < 4.78 is 1.15. The lowest BCUT2D eigenvalue weighted by atomic mass is 10.4. The molecule has 1 rings (SSSR count). The highest BCUT2D eigenvalue weighted by Gasteiger charge is 2.11. The van der Waals surface area contributed by atoms with Crippen LogP contribution in [0.5, 0.6) is 0 Å². The van der Waals surface area contributed by atoms with Gasteiger partial charge in [0.25, 0.3) is 0 Å². The molecule has 1 aromatic rings. The van der Waals surface area contributed by atoms with Crippen LogP contribution in [0.1, 0.15) is 6.92 Å². The molecule has 1 N–H and O–H groups in total. The summed E-state index contributed by atoms with van der Waals surface area (Å²) in [7, 11) is 1.71. The van der Waals surface area contributed by atoms with Crippen molar-refractivity contribution >= 4 is 29.0 Å². The Hall–Kier alpha value is -0.520. The number of rotatable bonds is 5. The lowest BCUT2D eigenvalue weighted by Crippen LogP contribution is -2.34. The fraction of sp³-hybridized carbons (Fsp3) is 0.500. The van der Waals surface area contributed by atoms with Gasteiger partial charge in [0.1, 0.15) is 0 Å². The molecule has 0 aliphatic heterocycles. The van der Waals surface area contributed by atoms with Gasteiger partial charge in [0.15, 0.2) is 0 Å². The molecule has 5 heteroatoms. The molecule has 0 spiro atoms. The number of thioether (sulfide) groups is 1. The summed E-state index contributed by atoms with van der Waals surface area (Å²) >= 11 is 3.17. The van der Waals surface area contributed by atoms with Crippen LogP contribution >= 0.6 is 23.1 Å². The van der Waals surface area contributed by atoms with Crippen LogP contribution in [-0.4, -0.2) is 41.4 Å². The van der Waals surface area contributed by atoms with Crippen LogP contribution in [0.4, 0.5) is 0 Å². The maximum absolute atomic E-state index is 11.6. The predicted molar refractivity (Wildman–Crippen MR) is 64.4 cm³/mol. The molecule has 1 unspecified atom stereocenters. The number of amides is 1. The fourth-order valence-electron chi connectivity index (χ4n) is 1.09. The highest BCUT2D eigenvalue weighted by atomic mass is 32.2. The van der Waals surface area contributed by atoms with Crippen molar-refractivity contribution in [1.29, 1.82) is 0 Å². The standard InChI is InChI=1S/C10H15NO2S2/c1-8(12)6-11(2)9(13)7-15-10-4-3-5-14-10/h3-5,8,12H,6-7H2,1-2H3. The normalized spacial score (nSPS) is 12.5. The Morgan fingerprint density at radius 2 is 2.47 bits per heavy atom. The summed E-state index contributed by atoms with van der Waals surface area (Å²) in [5.74, 6) is 0.485. The van der Waals surface area contributed by atoms with Crippen molar-refractivity contribution in [2.24, 2.45) is 0 Å². The van der Waals surface area contributed by atoms with E-state index in [-0.39, 0.29) is 5.91 Å². The molecule has 3 nitrogen and oxygen atoms in total. The van der Waals surface area contributed by atoms with Crippen LogP contribution in [-0.2, 0) is 4.79 Å². The van der Waals surface area contributed by atoms with Crippen LogP contribution in [0.2, 0.25) is 0 Å². The molecule has 84 valence electrons. The number of hydrogen-bond donors (Lipinski definition) is 1. The summed E-state index contributed by atoms with van der Waals surface area (Å²) in [6.07, 6.45) is -0.467. The lowest BCUT2D eigenvalue weighted by Gasteiger charge is -2.18. The topological polar surface area (TPSA) is 40.5 Å². The molecular formula is C10H15NO2S2. The molecule has 0 aliphatic rings. The minimum absolute atomic E-state index is 0.0503. The van der Waals surface area contributed by atoms with E-state index in [1.807, 2.05) is 17.5 Å². The van der Waals surface area contributed by atoms with Crippen molar-refractivity contribution in [3.05, 3.63) is 17.5 Å². The third kappa shape index (κ3) is 4.68. The van der Waals surface area contributed by atoms with E-state index in [9.17, 15) is 4.79 Å². The van der Waals surface area contributed by atoms with Crippen molar-refractivity contribution in [2.45, 2.75) is 17.2 Å². The molecule has 0 aromatic carbocycles. The first-order valence-electron chi connectivity index (χ1n) is 4.68. The lowest BCUT2D eigenvalue weighted by molar-refractivity contribution is -0.128. The van der Waals surface area contributed by atoms with Gasteiger partial charge in [-0.05, 0) is 18.4 Å². The summed E-state index contributed by atoms with van der Waals surface area (Å²) in [5, 5.41) is 11.1. The summed E-state index contributed by atoms with van der Waals surface area (Å²) in [4.78, 5) is 13.1. The van der Waals surface area contributed by atoms with Gasteiger partial charge in [-0.3, -0.25) is 4.79 Å². The molecule has 0 aliphatic carbocycles. The Balaban J connectivity index is 2.29. The quantitative estimate of drug-likeness (QED) is 0.802. The largest absolute Gasteiger partial charge is 0.392 e. The van der Waals surface area contributed by atoms with Gasteiger partial charge < -0.3 is 10.0 Å². The Kier molecular flexibility index (Phi) is 5.14. The zero-order valence-corrected chi connectivity index (χ0v) is 10.5. The summed E-state index contributed by atoms with van der Waals surface area (Å²) in [6, 6.07) is 3.97. The van der Waals surface area contributed by atoms with Gasteiger partial charge in [0, 0.05) is 13.6 Å². The average Bonchev–Trinajstić information content (AvgIpc) is 2.65. The van der Waals surface area contributed by atoms with Gasteiger partial charge in [-0.15, -0.1) is 23.1 Å². The van der Waals surface area contributed by atoms with E-state index in [1.165, 1.54) is 11.8 Å². The number of carbonyl (C=O) groups excluding carboxylic acids is 1. The molecule has 0 saturated heterocycles. The number of aliphatic hydroxyl groups is 1. The van der Waals surface area contributed by atoms with Crippen LogP contribution in [0.15, 0.2) is 21.7 Å². The maximum atomic E-state index is 11.6. The van der Waals surface area contributed by atoms with E-state index in [4.69, 9.17) is 5.11 Å². The Morgan fingerprint density at radius 3 is 3.00 bits per heavy atom. The number of hydrogen-bond acceptors (Lipinski definition) is 4. The summed E-state index contributed by atoms with van der Waals surface area (Å²) in [5.41, 5.74) is 0. The van der Waals surface area contributed by atoms with Crippen molar-refractivity contribution in [3.8, 4) is 0 Å². The molecule has 1 aromatic heterocycles. The molecule has 0 saturated carbocycles. The summed E-state index contributed by atoms with van der Waals surface area (Å²) in [6.45, 7) is 2.07. The molecule has 0 fully saturated rings. The second-order valence-corrected chi connectivity index (χ2v) is 5.57. The van der Waals surface area contributed by atoms with Crippen LogP contribution in [0.3, 0.4) is 0 Å². The number of carbonyl (C=O) groups is 1. The SMILES string of the molecule is CC(O)CN(C)C(=O)CSc1cccs1. The van der Waals surface area contributed by atoms with Gasteiger partial charge in [0.05, 0.1) is 16.1 Å². The molecule has 1 amide bonds. The monoisotopic (exact) mass is 245 g/mol. The molecule has 15 heavy (non-hydrogen) atoms. The molecule has 0 bridgehead atoms. The Labute approximate surface area is 98.1 Å². The Bertz CT molecular complexity index is 298. The number of nitrogens with zero attached hydrogens (tertiary/aromatic N) is 1.